The number of hydrogen-bond acceptors (Lipinski definition) is 3. The van der Waals surface area contributed by atoms with Gasteiger partial charge in [-0.1, -0.05) is 19.1 Å². The van der Waals surface area contributed by atoms with Crippen molar-refractivity contribution in [1.29, 1.82) is 0 Å². The highest BCUT2D eigenvalue weighted by molar-refractivity contribution is 5.27. The maximum absolute atomic E-state index is 5.20. The van der Waals surface area contributed by atoms with Crippen LogP contribution in [0.4, 0.5) is 0 Å². The van der Waals surface area contributed by atoms with Crippen molar-refractivity contribution in [2.75, 3.05) is 26.7 Å². The molecule has 3 nitrogen and oxygen atoms in total. The Balaban J connectivity index is 1.85. The van der Waals surface area contributed by atoms with E-state index in [0.717, 1.165) is 25.4 Å². The van der Waals surface area contributed by atoms with E-state index in [2.05, 4.69) is 41.4 Å². The molecule has 0 aliphatic carbocycles. The van der Waals surface area contributed by atoms with Crippen molar-refractivity contribution in [2.45, 2.75) is 38.8 Å². The normalized spacial score (nSPS) is 19.8. The van der Waals surface area contributed by atoms with Crippen LogP contribution < -0.4 is 10.1 Å². The first-order chi connectivity index (χ1) is 9.33. The molecule has 1 aliphatic rings. The third-order valence-electron chi connectivity index (χ3n) is 3.85. The van der Waals surface area contributed by atoms with Crippen LogP contribution in [0.2, 0.25) is 0 Å². The summed E-state index contributed by atoms with van der Waals surface area (Å²) in [6.07, 6.45) is 3.87. The van der Waals surface area contributed by atoms with Crippen molar-refractivity contribution in [3.63, 3.8) is 0 Å². The highest BCUT2D eigenvalue weighted by Crippen LogP contribution is 2.20. The van der Waals surface area contributed by atoms with Gasteiger partial charge in [0.05, 0.1) is 7.11 Å². The van der Waals surface area contributed by atoms with Gasteiger partial charge in [-0.05, 0) is 50.0 Å². The first-order valence-electron chi connectivity index (χ1n) is 7.41. The Morgan fingerprint density at radius 2 is 2.11 bits per heavy atom. The summed E-state index contributed by atoms with van der Waals surface area (Å²) in [6.45, 7) is 6.76. The van der Waals surface area contributed by atoms with Crippen LogP contribution in [0.5, 0.6) is 5.75 Å². The molecule has 3 heteroatoms. The predicted octanol–water partition coefficient (Wildman–Crippen LogP) is 2.66. The van der Waals surface area contributed by atoms with Gasteiger partial charge in [-0.15, -0.1) is 0 Å². The summed E-state index contributed by atoms with van der Waals surface area (Å²) in [5, 5.41) is 3.55. The molecule has 1 heterocycles. The first kappa shape index (κ1) is 14.4. The van der Waals surface area contributed by atoms with Crippen molar-refractivity contribution < 1.29 is 4.74 Å². The minimum absolute atomic E-state index is 0.702. The SMILES string of the molecule is CCCNCC1CCCN1Cc1ccc(OC)cc1. The number of benzene rings is 1. The number of rotatable bonds is 7. The largest absolute Gasteiger partial charge is 0.497 e. The quantitative estimate of drug-likeness (QED) is 0.765. The van der Waals surface area contributed by atoms with E-state index in [1.807, 2.05) is 0 Å². The zero-order valence-corrected chi connectivity index (χ0v) is 12.2. The van der Waals surface area contributed by atoms with Crippen LogP contribution in [0.15, 0.2) is 24.3 Å². The Morgan fingerprint density at radius 3 is 2.79 bits per heavy atom. The summed E-state index contributed by atoms with van der Waals surface area (Å²) < 4.78 is 5.20. The van der Waals surface area contributed by atoms with Crippen LogP contribution in [0.1, 0.15) is 31.7 Å². The van der Waals surface area contributed by atoms with Gasteiger partial charge in [-0.25, -0.2) is 0 Å². The van der Waals surface area contributed by atoms with Gasteiger partial charge in [0.15, 0.2) is 0 Å². The fourth-order valence-electron chi connectivity index (χ4n) is 2.75. The lowest BCUT2D eigenvalue weighted by molar-refractivity contribution is 0.239. The van der Waals surface area contributed by atoms with E-state index in [0.29, 0.717) is 6.04 Å². The Labute approximate surface area is 116 Å². The van der Waals surface area contributed by atoms with Gasteiger partial charge < -0.3 is 10.1 Å². The Kier molecular flexibility index (Phi) is 5.67. The van der Waals surface area contributed by atoms with Gasteiger partial charge in [-0.2, -0.15) is 0 Å². The summed E-state index contributed by atoms with van der Waals surface area (Å²) in [6, 6.07) is 9.15. The summed E-state index contributed by atoms with van der Waals surface area (Å²) in [5.41, 5.74) is 1.38. The number of nitrogens with one attached hydrogen (secondary N) is 1. The molecule has 106 valence electrons. The fourth-order valence-corrected chi connectivity index (χ4v) is 2.75. The molecule has 0 radical (unpaired) electrons. The zero-order chi connectivity index (χ0) is 13.5. The second-order valence-corrected chi connectivity index (χ2v) is 5.32. The minimum Gasteiger partial charge on any atom is -0.497 e. The van der Waals surface area contributed by atoms with Gasteiger partial charge in [0.2, 0.25) is 0 Å². The summed E-state index contributed by atoms with van der Waals surface area (Å²) in [7, 11) is 1.71. The van der Waals surface area contributed by atoms with Crippen LogP contribution >= 0.6 is 0 Å². The molecule has 0 amide bonds. The molecule has 1 aromatic rings. The number of methoxy groups -OCH3 is 1. The molecule has 0 spiro atoms. The third kappa shape index (κ3) is 4.22. The summed E-state index contributed by atoms with van der Waals surface area (Å²) in [5.74, 6) is 0.936. The van der Waals surface area contributed by atoms with E-state index in [4.69, 9.17) is 4.74 Å². The van der Waals surface area contributed by atoms with E-state index >= 15 is 0 Å². The third-order valence-corrected chi connectivity index (χ3v) is 3.85. The molecule has 1 fully saturated rings. The number of ether oxygens (including phenoxy) is 1. The molecule has 0 aromatic heterocycles. The average molecular weight is 262 g/mol. The molecule has 19 heavy (non-hydrogen) atoms. The lowest BCUT2D eigenvalue weighted by atomic mass is 10.1. The second kappa shape index (κ2) is 7.51. The first-order valence-corrected chi connectivity index (χ1v) is 7.41. The topological polar surface area (TPSA) is 24.5 Å². The van der Waals surface area contributed by atoms with Gasteiger partial charge in [0.1, 0.15) is 5.75 Å². The molecule has 1 atom stereocenters. The smallest absolute Gasteiger partial charge is 0.118 e. The van der Waals surface area contributed by atoms with E-state index in [-0.39, 0.29) is 0 Å². The molecule has 2 rings (SSSR count). The van der Waals surface area contributed by atoms with Crippen molar-refractivity contribution in [3.05, 3.63) is 29.8 Å². The maximum atomic E-state index is 5.20. The second-order valence-electron chi connectivity index (χ2n) is 5.32. The number of likely N-dealkylation sites (tertiary alicyclic amines) is 1. The lowest BCUT2D eigenvalue weighted by Gasteiger charge is -2.25. The molecule has 0 saturated carbocycles. The van der Waals surface area contributed by atoms with Crippen LogP contribution in [-0.2, 0) is 6.54 Å². The van der Waals surface area contributed by atoms with Crippen molar-refractivity contribution in [2.24, 2.45) is 0 Å². The fraction of sp³-hybridized carbons (Fsp3) is 0.625. The van der Waals surface area contributed by atoms with E-state index in [1.165, 1.54) is 31.4 Å². The average Bonchev–Trinajstić information content (AvgIpc) is 2.87. The highest BCUT2D eigenvalue weighted by Gasteiger charge is 2.23. The molecule has 1 unspecified atom stereocenters. The molecule has 1 aliphatic heterocycles. The monoisotopic (exact) mass is 262 g/mol. The van der Waals surface area contributed by atoms with E-state index in [1.54, 1.807) is 7.11 Å². The van der Waals surface area contributed by atoms with Crippen LogP contribution in [0.3, 0.4) is 0 Å². The predicted molar refractivity (Wildman–Crippen MR) is 79.6 cm³/mol. The molecule has 0 bridgehead atoms. The Morgan fingerprint density at radius 1 is 1.32 bits per heavy atom. The number of nitrogens with zero attached hydrogens (tertiary/aromatic N) is 1. The molecule has 1 saturated heterocycles. The van der Waals surface area contributed by atoms with Crippen LogP contribution in [-0.4, -0.2) is 37.7 Å². The molecule has 1 aromatic carbocycles. The van der Waals surface area contributed by atoms with Crippen molar-refractivity contribution >= 4 is 0 Å². The lowest BCUT2D eigenvalue weighted by Crippen LogP contribution is -2.37. The zero-order valence-electron chi connectivity index (χ0n) is 12.2. The summed E-state index contributed by atoms with van der Waals surface area (Å²) >= 11 is 0. The minimum atomic E-state index is 0.702. The summed E-state index contributed by atoms with van der Waals surface area (Å²) in [4.78, 5) is 2.60. The van der Waals surface area contributed by atoms with Crippen LogP contribution in [0, 0.1) is 0 Å². The Hall–Kier alpha value is -1.06. The van der Waals surface area contributed by atoms with Gasteiger partial charge >= 0.3 is 0 Å². The highest BCUT2D eigenvalue weighted by atomic mass is 16.5. The Bertz CT molecular complexity index is 364. The van der Waals surface area contributed by atoms with Crippen LogP contribution in [0.25, 0.3) is 0 Å². The van der Waals surface area contributed by atoms with E-state index in [9.17, 15) is 0 Å². The van der Waals surface area contributed by atoms with E-state index < -0.39 is 0 Å². The number of hydrogen-bond donors (Lipinski definition) is 1. The maximum Gasteiger partial charge on any atom is 0.118 e. The molecule has 1 N–H and O–H groups in total. The standard InChI is InChI=1S/C16H26N2O/c1-3-10-17-12-15-5-4-11-18(15)13-14-6-8-16(19-2)9-7-14/h6-9,15,17H,3-5,10-13H2,1-2H3. The van der Waals surface area contributed by atoms with Crippen molar-refractivity contribution in [1.82, 2.24) is 10.2 Å². The molecular weight excluding hydrogens is 236 g/mol. The van der Waals surface area contributed by atoms with Gasteiger partial charge in [-0.3, -0.25) is 4.90 Å². The van der Waals surface area contributed by atoms with Crippen molar-refractivity contribution in [3.8, 4) is 5.75 Å². The van der Waals surface area contributed by atoms with Gasteiger partial charge in [0.25, 0.3) is 0 Å². The molecular formula is C16H26N2O. The van der Waals surface area contributed by atoms with Gasteiger partial charge in [0, 0.05) is 19.1 Å².